The van der Waals surface area contributed by atoms with Crippen LogP contribution < -0.4 is 5.32 Å². The second-order valence-corrected chi connectivity index (χ2v) is 8.93. The van der Waals surface area contributed by atoms with Gasteiger partial charge in [-0.15, -0.1) is 5.10 Å². The Bertz CT molecular complexity index is 1220. The van der Waals surface area contributed by atoms with Crippen LogP contribution in [0.3, 0.4) is 0 Å². The Balaban J connectivity index is 1.48. The predicted octanol–water partition coefficient (Wildman–Crippen LogP) is 4.89. The van der Waals surface area contributed by atoms with Gasteiger partial charge in [-0.2, -0.15) is 4.98 Å². The van der Waals surface area contributed by atoms with Gasteiger partial charge in [0.2, 0.25) is 11.1 Å². The first-order valence-corrected chi connectivity index (χ1v) is 12.4. The number of aryl methyl sites for hydroxylation is 3. The minimum Gasteiger partial charge on any atom is -0.349 e. The van der Waals surface area contributed by atoms with Crippen molar-refractivity contribution in [2.24, 2.45) is 0 Å². The zero-order chi connectivity index (χ0) is 23.2. The van der Waals surface area contributed by atoms with Gasteiger partial charge in [-0.3, -0.25) is 4.79 Å². The van der Waals surface area contributed by atoms with E-state index in [0.717, 1.165) is 41.8 Å². The smallest absolute Gasteiger partial charge is 0.253 e. The van der Waals surface area contributed by atoms with Crippen LogP contribution in [0.4, 0.5) is 0 Å². The molecule has 0 saturated carbocycles. The van der Waals surface area contributed by atoms with Crippen molar-refractivity contribution in [1.82, 2.24) is 24.9 Å². The highest BCUT2D eigenvalue weighted by Crippen LogP contribution is 2.21. The van der Waals surface area contributed by atoms with Gasteiger partial charge >= 0.3 is 0 Å². The molecule has 4 aromatic rings. The maximum absolute atomic E-state index is 13.1. The van der Waals surface area contributed by atoms with Gasteiger partial charge < -0.3 is 5.32 Å². The molecule has 7 heteroatoms. The lowest BCUT2D eigenvalue weighted by Gasteiger charge is -2.20. The monoisotopic (exact) mass is 459 g/mol. The normalized spacial score (nSPS) is 12.1. The number of hydrogen-bond acceptors (Lipinski definition) is 5. The van der Waals surface area contributed by atoms with E-state index >= 15 is 0 Å². The summed E-state index contributed by atoms with van der Waals surface area (Å²) in [6, 6.07) is 20.6. The highest BCUT2D eigenvalue weighted by atomic mass is 32.2. The summed E-state index contributed by atoms with van der Waals surface area (Å²) in [5.74, 6) is 0.558. The first-order valence-electron chi connectivity index (χ1n) is 11.2. The summed E-state index contributed by atoms with van der Waals surface area (Å²) in [5.41, 5.74) is 5.06. The van der Waals surface area contributed by atoms with Gasteiger partial charge in [0.25, 0.3) is 5.78 Å². The first kappa shape index (κ1) is 23.0. The molecule has 170 valence electrons. The van der Waals surface area contributed by atoms with Gasteiger partial charge in [-0.05, 0) is 50.5 Å². The Kier molecular flexibility index (Phi) is 7.40. The van der Waals surface area contributed by atoms with E-state index in [1.807, 2.05) is 44.4 Å². The maximum atomic E-state index is 13.1. The average Bonchev–Trinajstić information content (AvgIpc) is 3.25. The summed E-state index contributed by atoms with van der Waals surface area (Å²) in [6.45, 7) is 3.90. The lowest BCUT2D eigenvalue weighted by atomic mass is 9.98. The number of aromatic nitrogens is 4. The molecular formula is C26H29N5OS. The molecule has 2 aromatic heterocycles. The summed E-state index contributed by atoms with van der Waals surface area (Å²) in [6.07, 6.45) is 5.05. The number of hydrogen-bond donors (Lipinski definition) is 1. The number of nitrogens with zero attached hydrogens (tertiary/aromatic N) is 4. The number of amides is 1. The number of thioether (sulfide) groups is 1. The highest BCUT2D eigenvalue weighted by molar-refractivity contribution is 7.98. The minimum atomic E-state index is -0.0332. The van der Waals surface area contributed by atoms with Crippen molar-refractivity contribution < 1.29 is 4.79 Å². The fourth-order valence-corrected chi connectivity index (χ4v) is 4.44. The lowest BCUT2D eigenvalue weighted by molar-refractivity contribution is -0.121. The summed E-state index contributed by atoms with van der Waals surface area (Å²) in [7, 11) is 0. The summed E-state index contributed by atoms with van der Waals surface area (Å²) in [4.78, 5) is 22.1. The molecule has 0 bridgehead atoms. The number of rotatable bonds is 9. The Morgan fingerprint density at radius 1 is 1.03 bits per heavy atom. The highest BCUT2D eigenvalue weighted by Gasteiger charge is 2.19. The van der Waals surface area contributed by atoms with Crippen LogP contribution in [0.25, 0.3) is 5.78 Å². The van der Waals surface area contributed by atoms with Gasteiger partial charge in [-0.1, -0.05) is 72.4 Å². The number of fused-ring (bicyclic) bond motifs is 1. The molecule has 6 nitrogen and oxygen atoms in total. The number of carbonyl (C=O) groups is 1. The van der Waals surface area contributed by atoms with Gasteiger partial charge in [0, 0.05) is 17.0 Å². The van der Waals surface area contributed by atoms with E-state index in [-0.39, 0.29) is 18.4 Å². The Morgan fingerprint density at radius 2 is 1.73 bits per heavy atom. The van der Waals surface area contributed by atoms with Crippen molar-refractivity contribution in [3.8, 4) is 0 Å². The van der Waals surface area contributed by atoms with Crippen molar-refractivity contribution in [2.45, 2.75) is 50.7 Å². The molecule has 0 spiro atoms. The molecule has 2 aromatic carbocycles. The molecule has 0 saturated heterocycles. The van der Waals surface area contributed by atoms with Crippen LogP contribution in [0, 0.1) is 13.8 Å². The van der Waals surface area contributed by atoms with E-state index in [9.17, 15) is 4.79 Å². The molecule has 0 radical (unpaired) electrons. The molecule has 2 heterocycles. The Labute approximate surface area is 198 Å². The summed E-state index contributed by atoms with van der Waals surface area (Å²) < 4.78 is 1.73. The van der Waals surface area contributed by atoms with Gasteiger partial charge in [0.05, 0.1) is 12.5 Å². The van der Waals surface area contributed by atoms with E-state index in [1.54, 1.807) is 4.52 Å². The molecule has 1 atom stereocenters. The van der Waals surface area contributed by atoms with Crippen LogP contribution in [0.5, 0.6) is 0 Å². The number of benzene rings is 2. The van der Waals surface area contributed by atoms with Crippen LogP contribution >= 0.6 is 11.8 Å². The predicted molar refractivity (Wildman–Crippen MR) is 132 cm³/mol. The molecule has 1 amide bonds. The molecular weight excluding hydrogens is 430 g/mol. The van der Waals surface area contributed by atoms with Crippen molar-refractivity contribution in [1.29, 1.82) is 0 Å². The van der Waals surface area contributed by atoms with Crippen LogP contribution in [-0.2, 0) is 17.6 Å². The SMILES string of the molecule is CSc1nc2nc(C)c(CC(=O)NC(CCCc3ccccc3)c3ccccc3)c(C)n2n1. The second-order valence-electron chi connectivity index (χ2n) is 8.16. The van der Waals surface area contributed by atoms with Crippen molar-refractivity contribution >= 4 is 23.4 Å². The molecule has 1 N–H and O–H groups in total. The van der Waals surface area contributed by atoms with Crippen LogP contribution in [-0.4, -0.2) is 31.7 Å². The molecule has 33 heavy (non-hydrogen) atoms. The van der Waals surface area contributed by atoms with Gasteiger partial charge in [0.1, 0.15) is 0 Å². The summed E-state index contributed by atoms with van der Waals surface area (Å²) >= 11 is 1.48. The number of nitrogens with one attached hydrogen (secondary N) is 1. The average molecular weight is 460 g/mol. The molecule has 0 aliphatic heterocycles. The molecule has 0 fully saturated rings. The van der Waals surface area contributed by atoms with Gasteiger partial charge in [0.15, 0.2) is 0 Å². The molecule has 0 aliphatic rings. The third-order valence-electron chi connectivity index (χ3n) is 5.89. The maximum Gasteiger partial charge on any atom is 0.253 e. The van der Waals surface area contributed by atoms with Crippen molar-refractivity contribution in [3.63, 3.8) is 0 Å². The zero-order valence-corrected chi connectivity index (χ0v) is 20.1. The third kappa shape index (κ3) is 5.60. The van der Waals surface area contributed by atoms with E-state index in [0.29, 0.717) is 10.9 Å². The first-order chi connectivity index (χ1) is 16.0. The zero-order valence-electron chi connectivity index (χ0n) is 19.3. The Hall–Kier alpha value is -3.19. The van der Waals surface area contributed by atoms with Gasteiger partial charge in [-0.25, -0.2) is 9.50 Å². The van der Waals surface area contributed by atoms with Crippen LogP contribution in [0.1, 0.15) is 47.0 Å². The van der Waals surface area contributed by atoms with Crippen molar-refractivity contribution in [3.05, 3.63) is 88.7 Å². The topological polar surface area (TPSA) is 72.2 Å². The summed E-state index contributed by atoms with van der Waals surface area (Å²) in [5, 5.41) is 8.44. The van der Waals surface area contributed by atoms with E-state index < -0.39 is 0 Å². The standard InChI is InChI=1S/C26H29N5OS/c1-18-22(19(2)31-25(27-18)29-26(30-31)33-3)17-24(32)28-23(21-14-8-5-9-15-21)16-10-13-20-11-6-4-7-12-20/h4-9,11-12,14-15,23H,10,13,16-17H2,1-3H3,(H,28,32). The number of carbonyl (C=O) groups excluding carboxylic acids is 1. The Morgan fingerprint density at radius 3 is 2.42 bits per heavy atom. The fourth-order valence-electron chi connectivity index (χ4n) is 4.10. The second kappa shape index (κ2) is 10.6. The molecule has 0 aliphatic carbocycles. The minimum absolute atomic E-state index is 0.0129. The lowest BCUT2D eigenvalue weighted by Crippen LogP contribution is -2.30. The van der Waals surface area contributed by atoms with Crippen molar-refractivity contribution in [2.75, 3.05) is 6.26 Å². The van der Waals surface area contributed by atoms with E-state index in [2.05, 4.69) is 56.8 Å². The van der Waals surface area contributed by atoms with Crippen LogP contribution in [0.2, 0.25) is 0 Å². The van der Waals surface area contributed by atoms with E-state index in [4.69, 9.17) is 0 Å². The largest absolute Gasteiger partial charge is 0.349 e. The molecule has 1 unspecified atom stereocenters. The van der Waals surface area contributed by atoms with E-state index in [1.165, 1.54) is 17.3 Å². The molecule has 4 rings (SSSR count). The fraction of sp³-hybridized carbons (Fsp3) is 0.308. The van der Waals surface area contributed by atoms with Crippen LogP contribution in [0.15, 0.2) is 65.8 Å². The third-order valence-corrected chi connectivity index (χ3v) is 6.43. The quantitative estimate of drug-likeness (QED) is 0.361.